The maximum absolute atomic E-state index is 13.6. The second kappa shape index (κ2) is 5.92. The highest BCUT2D eigenvalue weighted by molar-refractivity contribution is 7.99. The molecule has 1 unspecified atom stereocenters. The van der Waals surface area contributed by atoms with Gasteiger partial charge in [0.05, 0.1) is 6.04 Å². The summed E-state index contributed by atoms with van der Waals surface area (Å²) < 4.78 is 19.2. The average molecular weight is 301 g/mol. The first-order valence-electron chi connectivity index (χ1n) is 6.76. The van der Waals surface area contributed by atoms with Gasteiger partial charge in [0.2, 0.25) is 0 Å². The van der Waals surface area contributed by atoms with Crippen LogP contribution in [0.15, 0.2) is 57.8 Å². The molecular formula is C17H16FNOS. The van der Waals surface area contributed by atoms with Crippen molar-refractivity contribution in [1.82, 2.24) is 0 Å². The Morgan fingerprint density at radius 2 is 1.95 bits per heavy atom. The number of halogens is 1. The van der Waals surface area contributed by atoms with E-state index in [9.17, 15) is 4.39 Å². The van der Waals surface area contributed by atoms with E-state index in [0.717, 1.165) is 5.39 Å². The van der Waals surface area contributed by atoms with Gasteiger partial charge in [0, 0.05) is 16.0 Å². The van der Waals surface area contributed by atoms with E-state index in [4.69, 9.17) is 10.2 Å². The van der Waals surface area contributed by atoms with Crippen molar-refractivity contribution in [3.63, 3.8) is 0 Å². The van der Waals surface area contributed by atoms with Gasteiger partial charge in [-0.2, -0.15) is 0 Å². The Morgan fingerprint density at radius 3 is 2.67 bits per heavy atom. The molecule has 0 amide bonds. The Labute approximate surface area is 127 Å². The van der Waals surface area contributed by atoms with Crippen molar-refractivity contribution < 1.29 is 8.81 Å². The van der Waals surface area contributed by atoms with Crippen LogP contribution in [-0.4, -0.2) is 5.75 Å². The molecule has 1 aromatic heterocycles. The Bertz CT molecular complexity index is 751. The summed E-state index contributed by atoms with van der Waals surface area (Å²) in [5, 5.41) is 0.751. The molecule has 0 spiro atoms. The lowest BCUT2D eigenvalue weighted by atomic mass is 10.2. The Kier molecular flexibility index (Phi) is 3.99. The molecule has 0 aliphatic carbocycles. The van der Waals surface area contributed by atoms with Gasteiger partial charge in [-0.05, 0) is 31.2 Å². The molecular weight excluding hydrogens is 285 g/mol. The fraction of sp³-hybridized carbons (Fsp3) is 0.176. The van der Waals surface area contributed by atoms with Crippen molar-refractivity contribution in [2.75, 3.05) is 5.75 Å². The normalized spacial score (nSPS) is 12.7. The smallest absolute Gasteiger partial charge is 0.169 e. The highest BCUT2D eigenvalue weighted by Crippen LogP contribution is 2.28. The Hall–Kier alpha value is -1.78. The third kappa shape index (κ3) is 3.12. The van der Waals surface area contributed by atoms with Crippen LogP contribution in [0, 0.1) is 12.7 Å². The molecule has 3 rings (SSSR count). The number of nitrogens with two attached hydrogens (primary N) is 1. The minimum Gasteiger partial charge on any atom is -0.456 e. The van der Waals surface area contributed by atoms with Crippen LogP contribution >= 0.6 is 11.8 Å². The molecule has 2 aromatic carbocycles. The summed E-state index contributed by atoms with van der Waals surface area (Å²) in [7, 11) is 0. The molecule has 108 valence electrons. The van der Waals surface area contributed by atoms with Crippen LogP contribution in [-0.2, 0) is 0 Å². The number of hydrogen-bond donors (Lipinski definition) is 1. The molecule has 2 nitrogen and oxygen atoms in total. The van der Waals surface area contributed by atoms with Gasteiger partial charge in [-0.15, -0.1) is 11.8 Å². The van der Waals surface area contributed by atoms with Crippen LogP contribution in [0.2, 0.25) is 0 Å². The van der Waals surface area contributed by atoms with Gasteiger partial charge < -0.3 is 10.2 Å². The number of para-hydroxylation sites is 1. The van der Waals surface area contributed by atoms with E-state index in [1.165, 1.54) is 16.5 Å². The molecule has 1 atom stereocenters. The fourth-order valence-corrected chi connectivity index (χ4v) is 3.00. The van der Waals surface area contributed by atoms with Crippen molar-refractivity contribution in [2.24, 2.45) is 5.73 Å². The van der Waals surface area contributed by atoms with Gasteiger partial charge in [-0.1, -0.05) is 29.8 Å². The van der Waals surface area contributed by atoms with Crippen LogP contribution in [0.4, 0.5) is 4.39 Å². The van der Waals surface area contributed by atoms with Crippen LogP contribution in [0.5, 0.6) is 0 Å². The monoisotopic (exact) mass is 301 g/mol. The fourth-order valence-electron chi connectivity index (χ4n) is 2.13. The molecule has 0 aliphatic rings. The molecule has 3 aromatic rings. The summed E-state index contributed by atoms with van der Waals surface area (Å²) >= 11 is 1.67. The van der Waals surface area contributed by atoms with Gasteiger partial charge in [0.1, 0.15) is 5.76 Å². The summed E-state index contributed by atoms with van der Waals surface area (Å²) in [5.41, 5.74) is 7.66. The molecule has 0 saturated carbocycles. The van der Waals surface area contributed by atoms with Crippen molar-refractivity contribution in [3.8, 4) is 0 Å². The summed E-state index contributed by atoms with van der Waals surface area (Å²) in [6.45, 7) is 2.06. The van der Waals surface area contributed by atoms with Crippen molar-refractivity contribution in [1.29, 1.82) is 0 Å². The average Bonchev–Trinajstić information content (AvgIpc) is 2.92. The van der Waals surface area contributed by atoms with Crippen LogP contribution in [0.1, 0.15) is 17.4 Å². The van der Waals surface area contributed by atoms with Crippen molar-refractivity contribution >= 4 is 22.7 Å². The quantitative estimate of drug-likeness (QED) is 0.712. The third-order valence-electron chi connectivity index (χ3n) is 3.33. The number of thioether (sulfide) groups is 1. The minimum absolute atomic E-state index is 0.261. The van der Waals surface area contributed by atoms with Gasteiger partial charge in [0.15, 0.2) is 11.4 Å². The molecule has 0 radical (unpaired) electrons. The minimum atomic E-state index is -0.350. The summed E-state index contributed by atoms with van der Waals surface area (Å²) in [4.78, 5) is 1.17. The maximum atomic E-state index is 13.6. The van der Waals surface area contributed by atoms with Crippen LogP contribution < -0.4 is 5.73 Å². The molecule has 0 saturated heterocycles. The van der Waals surface area contributed by atoms with Crippen molar-refractivity contribution in [3.05, 3.63) is 65.7 Å². The van der Waals surface area contributed by atoms with Crippen LogP contribution in [0.3, 0.4) is 0 Å². The zero-order valence-electron chi connectivity index (χ0n) is 11.7. The SMILES string of the molecule is Cc1ccc(SCC(N)c2cc3cccc(F)c3o2)cc1. The second-order valence-electron chi connectivity index (χ2n) is 5.04. The topological polar surface area (TPSA) is 39.2 Å². The highest BCUT2D eigenvalue weighted by Gasteiger charge is 2.14. The first kappa shape index (κ1) is 14.2. The van der Waals surface area contributed by atoms with Gasteiger partial charge >= 0.3 is 0 Å². The van der Waals surface area contributed by atoms with E-state index in [0.29, 0.717) is 11.5 Å². The van der Waals surface area contributed by atoms with Gasteiger partial charge in [-0.3, -0.25) is 0 Å². The lowest BCUT2D eigenvalue weighted by Crippen LogP contribution is -2.11. The summed E-state index contributed by atoms with van der Waals surface area (Å²) in [5.74, 6) is 0.955. The molecule has 0 aliphatic heterocycles. The molecule has 1 heterocycles. The highest BCUT2D eigenvalue weighted by atomic mass is 32.2. The number of rotatable bonds is 4. The van der Waals surface area contributed by atoms with E-state index in [1.807, 2.05) is 12.1 Å². The molecule has 0 fully saturated rings. The number of fused-ring (bicyclic) bond motifs is 1. The van der Waals surface area contributed by atoms with Crippen LogP contribution in [0.25, 0.3) is 11.0 Å². The van der Waals surface area contributed by atoms with Gasteiger partial charge in [-0.25, -0.2) is 4.39 Å². The number of aryl methyl sites for hydroxylation is 1. The Morgan fingerprint density at radius 1 is 1.19 bits per heavy atom. The number of furan rings is 1. The third-order valence-corrected chi connectivity index (χ3v) is 4.46. The van der Waals surface area contributed by atoms with Crippen molar-refractivity contribution in [2.45, 2.75) is 17.9 Å². The zero-order valence-corrected chi connectivity index (χ0v) is 12.5. The lowest BCUT2D eigenvalue weighted by Gasteiger charge is -2.08. The lowest BCUT2D eigenvalue weighted by molar-refractivity contribution is 0.495. The predicted molar refractivity (Wildman–Crippen MR) is 85.0 cm³/mol. The van der Waals surface area contributed by atoms with E-state index >= 15 is 0 Å². The van der Waals surface area contributed by atoms with E-state index in [2.05, 4.69) is 31.2 Å². The van der Waals surface area contributed by atoms with Gasteiger partial charge in [0.25, 0.3) is 0 Å². The molecule has 21 heavy (non-hydrogen) atoms. The largest absolute Gasteiger partial charge is 0.456 e. The van der Waals surface area contributed by atoms with E-state index in [-0.39, 0.29) is 17.4 Å². The maximum Gasteiger partial charge on any atom is 0.169 e. The van der Waals surface area contributed by atoms with E-state index < -0.39 is 0 Å². The first-order chi connectivity index (χ1) is 10.1. The predicted octanol–water partition coefficient (Wildman–Crippen LogP) is 4.67. The molecule has 2 N–H and O–H groups in total. The standard InChI is InChI=1S/C17H16FNOS/c1-11-5-7-13(8-6-11)21-10-15(19)16-9-12-3-2-4-14(18)17(12)20-16/h2-9,15H,10,19H2,1H3. The number of hydrogen-bond acceptors (Lipinski definition) is 3. The second-order valence-corrected chi connectivity index (χ2v) is 6.13. The molecule has 4 heteroatoms. The zero-order chi connectivity index (χ0) is 14.8. The first-order valence-corrected chi connectivity index (χ1v) is 7.75. The summed E-state index contributed by atoms with van der Waals surface area (Å²) in [6, 6.07) is 14.7. The summed E-state index contributed by atoms with van der Waals surface area (Å²) in [6.07, 6.45) is 0. The Balaban J connectivity index is 1.73. The number of benzene rings is 2. The van der Waals surface area contributed by atoms with E-state index in [1.54, 1.807) is 17.8 Å². The molecule has 0 bridgehead atoms.